The Labute approximate surface area is 189 Å². The molecule has 172 valence electrons. The van der Waals surface area contributed by atoms with Gasteiger partial charge in [-0.05, 0) is 30.3 Å². The van der Waals surface area contributed by atoms with Gasteiger partial charge in [-0.2, -0.15) is 0 Å². The largest absolute Gasteiger partial charge is 0.573 e. The molecule has 0 unspecified atom stereocenters. The lowest BCUT2D eigenvalue weighted by atomic mass is 10.2. The van der Waals surface area contributed by atoms with Gasteiger partial charge in [-0.1, -0.05) is 30.0 Å². The standard InChI is InChI=1S/C22H18F3N3O4S/c23-22(24,25)32-14-7-5-13(6-8-14)28-20(29)19-18(15-3-1-2-4-16(15)26-19)27-21(28)33-12-9-17-30-10-11-31-17/h1-8,17,26H,9-12H2. The van der Waals surface area contributed by atoms with Gasteiger partial charge < -0.3 is 19.2 Å². The summed E-state index contributed by atoms with van der Waals surface area (Å²) in [5.74, 6) is 0.198. The van der Waals surface area contributed by atoms with E-state index in [1.807, 2.05) is 24.3 Å². The molecule has 33 heavy (non-hydrogen) atoms. The highest BCUT2D eigenvalue weighted by molar-refractivity contribution is 7.99. The molecule has 2 aromatic carbocycles. The number of ether oxygens (including phenoxy) is 3. The summed E-state index contributed by atoms with van der Waals surface area (Å²) in [5.41, 5.74) is 1.65. The van der Waals surface area contributed by atoms with Crippen molar-refractivity contribution in [1.29, 1.82) is 0 Å². The lowest BCUT2D eigenvalue weighted by Gasteiger charge is -2.14. The van der Waals surface area contributed by atoms with Crippen LogP contribution in [0.15, 0.2) is 58.5 Å². The van der Waals surface area contributed by atoms with E-state index in [-0.39, 0.29) is 17.6 Å². The molecule has 4 aromatic rings. The first-order valence-corrected chi connectivity index (χ1v) is 11.1. The molecule has 5 rings (SSSR count). The Morgan fingerprint density at radius 3 is 2.58 bits per heavy atom. The second-order valence-electron chi connectivity index (χ2n) is 7.28. The number of aromatic nitrogens is 3. The van der Waals surface area contributed by atoms with E-state index < -0.39 is 6.36 Å². The van der Waals surface area contributed by atoms with Crippen LogP contribution in [0.3, 0.4) is 0 Å². The van der Waals surface area contributed by atoms with Crippen LogP contribution in [0.5, 0.6) is 5.75 Å². The zero-order valence-corrected chi connectivity index (χ0v) is 17.9. The Hall–Kier alpha value is -3.02. The Bertz CT molecular complexity index is 1350. The van der Waals surface area contributed by atoms with Gasteiger partial charge >= 0.3 is 6.36 Å². The SMILES string of the molecule is O=c1c2[nH]c3ccccc3c2nc(SCCC2OCCO2)n1-c1ccc(OC(F)(F)F)cc1. The Morgan fingerprint density at radius 2 is 1.85 bits per heavy atom. The predicted octanol–water partition coefficient (Wildman–Crippen LogP) is 4.62. The van der Waals surface area contributed by atoms with Gasteiger partial charge in [-0.15, -0.1) is 13.2 Å². The number of halogens is 3. The highest BCUT2D eigenvalue weighted by Gasteiger charge is 2.31. The summed E-state index contributed by atoms with van der Waals surface area (Å²) in [6.45, 7) is 1.10. The van der Waals surface area contributed by atoms with Gasteiger partial charge in [0.25, 0.3) is 5.56 Å². The Kier molecular flexibility index (Phi) is 5.77. The predicted molar refractivity (Wildman–Crippen MR) is 117 cm³/mol. The third kappa shape index (κ3) is 4.56. The first-order chi connectivity index (χ1) is 15.9. The number of para-hydroxylation sites is 1. The third-order valence-corrected chi connectivity index (χ3v) is 6.07. The van der Waals surface area contributed by atoms with Crippen molar-refractivity contribution in [2.24, 2.45) is 0 Å². The Balaban J connectivity index is 1.56. The summed E-state index contributed by atoms with van der Waals surface area (Å²) in [6.07, 6.45) is -4.49. The molecular formula is C22H18F3N3O4S. The average molecular weight is 477 g/mol. The van der Waals surface area contributed by atoms with Gasteiger partial charge in [0.2, 0.25) is 0 Å². The molecule has 7 nitrogen and oxygen atoms in total. The zero-order valence-electron chi connectivity index (χ0n) is 17.1. The van der Waals surface area contributed by atoms with Crippen LogP contribution in [0.25, 0.3) is 27.6 Å². The van der Waals surface area contributed by atoms with E-state index in [1.165, 1.54) is 40.6 Å². The van der Waals surface area contributed by atoms with Crippen LogP contribution >= 0.6 is 11.8 Å². The van der Waals surface area contributed by atoms with Gasteiger partial charge in [0.1, 0.15) is 16.8 Å². The highest BCUT2D eigenvalue weighted by atomic mass is 32.2. The quantitative estimate of drug-likeness (QED) is 0.323. The van der Waals surface area contributed by atoms with Gasteiger partial charge in [-0.25, -0.2) is 4.98 Å². The minimum absolute atomic E-state index is 0.298. The van der Waals surface area contributed by atoms with Crippen molar-refractivity contribution in [1.82, 2.24) is 14.5 Å². The van der Waals surface area contributed by atoms with Gasteiger partial charge in [-0.3, -0.25) is 9.36 Å². The number of aromatic amines is 1. The minimum Gasteiger partial charge on any atom is -0.406 e. The fourth-order valence-corrected chi connectivity index (χ4v) is 4.65. The second kappa shape index (κ2) is 8.73. The number of alkyl halides is 3. The van der Waals surface area contributed by atoms with E-state index >= 15 is 0 Å². The molecular weight excluding hydrogens is 459 g/mol. The van der Waals surface area contributed by atoms with E-state index in [4.69, 9.17) is 14.5 Å². The first-order valence-electron chi connectivity index (χ1n) is 10.1. The van der Waals surface area contributed by atoms with Gasteiger partial charge in [0.05, 0.1) is 18.9 Å². The topological polar surface area (TPSA) is 78.4 Å². The number of hydrogen-bond donors (Lipinski definition) is 1. The van der Waals surface area contributed by atoms with E-state index in [1.54, 1.807) is 0 Å². The van der Waals surface area contributed by atoms with Crippen LogP contribution < -0.4 is 10.3 Å². The minimum atomic E-state index is -4.80. The molecule has 0 bridgehead atoms. The first kappa shape index (κ1) is 21.8. The number of nitrogens with one attached hydrogen (secondary N) is 1. The third-order valence-electron chi connectivity index (χ3n) is 5.10. The van der Waals surface area contributed by atoms with Crippen molar-refractivity contribution in [2.75, 3.05) is 19.0 Å². The molecule has 3 heterocycles. The smallest absolute Gasteiger partial charge is 0.406 e. The van der Waals surface area contributed by atoms with Crippen molar-refractivity contribution in [3.8, 4) is 11.4 Å². The molecule has 1 aliphatic rings. The maximum atomic E-state index is 13.5. The van der Waals surface area contributed by atoms with Crippen LogP contribution in [0.4, 0.5) is 13.2 Å². The van der Waals surface area contributed by atoms with Crippen LogP contribution in [-0.2, 0) is 9.47 Å². The fourth-order valence-electron chi connectivity index (χ4n) is 3.68. The number of rotatable bonds is 6. The van der Waals surface area contributed by atoms with Crippen molar-refractivity contribution >= 4 is 33.7 Å². The van der Waals surface area contributed by atoms with Crippen molar-refractivity contribution in [2.45, 2.75) is 24.2 Å². The van der Waals surface area contributed by atoms with Crippen LogP contribution in [0, 0.1) is 0 Å². The zero-order chi connectivity index (χ0) is 23.0. The molecule has 1 fully saturated rings. The molecule has 0 amide bonds. The number of nitrogens with zero attached hydrogens (tertiary/aromatic N) is 2. The maximum absolute atomic E-state index is 13.5. The van der Waals surface area contributed by atoms with E-state index in [2.05, 4.69) is 9.72 Å². The molecule has 1 N–H and O–H groups in total. The van der Waals surface area contributed by atoms with E-state index in [0.717, 1.165) is 10.9 Å². The summed E-state index contributed by atoms with van der Waals surface area (Å²) in [6, 6.07) is 12.6. The molecule has 0 saturated carbocycles. The lowest BCUT2D eigenvalue weighted by molar-refractivity contribution is -0.274. The number of fused-ring (bicyclic) bond motifs is 3. The molecule has 0 spiro atoms. The molecule has 1 aliphatic heterocycles. The number of benzene rings is 2. The summed E-state index contributed by atoms with van der Waals surface area (Å²) in [5, 5.41) is 1.23. The van der Waals surface area contributed by atoms with Crippen molar-refractivity contribution < 1.29 is 27.4 Å². The summed E-state index contributed by atoms with van der Waals surface area (Å²) < 4.78 is 53.8. The fraction of sp³-hybridized carbons (Fsp3) is 0.273. The van der Waals surface area contributed by atoms with Crippen molar-refractivity contribution in [3.63, 3.8) is 0 Å². The van der Waals surface area contributed by atoms with Crippen LogP contribution in [-0.4, -0.2) is 46.2 Å². The second-order valence-corrected chi connectivity index (χ2v) is 8.34. The monoisotopic (exact) mass is 477 g/mol. The molecule has 0 radical (unpaired) electrons. The Morgan fingerprint density at radius 1 is 1.12 bits per heavy atom. The van der Waals surface area contributed by atoms with Crippen LogP contribution in [0.1, 0.15) is 6.42 Å². The van der Waals surface area contributed by atoms with Gasteiger partial charge in [0, 0.05) is 23.1 Å². The maximum Gasteiger partial charge on any atom is 0.573 e. The molecule has 0 aliphatic carbocycles. The number of H-pyrrole nitrogens is 1. The normalized spacial score (nSPS) is 15.0. The highest BCUT2D eigenvalue weighted by Crippen LogP contribution is 2.29. The van der Waals surface area contributed by atoms with E-state index in [0.29, 0.717) is 47.3 Å². The summed E-state index contributed by atoms with van der Waals surface area (Å²) >= 11 is 1.35. The molecule has 1 saturated heterocycles. The molecule has 11 heteroatoms. The van der Waals surface area contributed by atoms with Crippen LogP contribution in [0.2, 0.25) is 0 Å². The average Bonchev–Trinajstić information content (AvgIpc) is 3.42. The van der Waals surface area contributed by atoms with Gasteiger partial charge in [0.15, 0.2) is 11.4 Å². The lowest BCUT2D eigenvalue weighted by Crippen LogP contribution is -2.22. The number of thioether (sulfide) groups is 1. The van der Waals surface area contributed by atoms with Crippen molar-refractivity contribution in [3.05, 3.63) is 58.9 Å². The van der Waals surface area contributed by atoms with E-state index in [9.17, 15) is 18.0 Å². The molecule has 0 atom stereocenters. The summed E-state index contributed by atoms with van der Waals surface area (Å²) in [7, 11) is 0. The number of hydrogen-bond acceptors (Lipinski definition) is 6. The summed E-state index contributed by atoms with van der Waals surface area (Å²) in [4.78, 5) is 21.3. The molecule has 2 aromatic heterocycles.